The molecule has 1 aromatic carbocycles. The Morgan fingerprint density at radius 2 is 2.06 bits per heavy atom. The monoisotopic (exact) mass is 215 g/mol. The fraction of sp³-hybridized carbons (Fsp3) is 0.308. The van der Waals surface area contributed by atoms with E-state index in [0.717, 1.165) is 6.54 Å². The first-order valence-corrected chi connectivity index (χ1v) is 5.51. The summed E-state index contributed by atoms with van der Waals surface area (Å²) in [5.41, 5.74) is 2.51. The van der Waals surface area contributed by atoms with Crippen molar-refractivity contribution in [2.45, 2.75) is 19.5 Å². The van der Waals surface area contributed by atoms with Gasteiger partial charge in [0.1, 0.15) is 0 Å². The van der Waals surface area contributed by atoms with Crippen molar-refractivity contribution in [2.24, 2.45) is 7.05 Å². The van der Waals surface area contributed by atoms with Gasteiger partial charge in [0.05, 0.1) is 12.0 Å². The van der Waals surface area contributed by atoms with Crippen LogP contribution in [-0.4, -0.2) is 9.55 Å². The summed E-state index contributed by atoms with van der Waals surface area (Å²) in [5.74, 6) is 0. The second-order valence-corrected chi connectivity index (χ2v) is 4.01. The Kier molecular flexibility index (Phi) is 3.37. The van der Waals surface area contributed by atoms with Gasteiger partial charge in [0, 0.05) is 25.8 Å². The molecule has 0 saturated heterocycles. The summed E-state index contributed by atoms with van der Waals surface area (Å²) >= 11 is 0. The van der Waals surface area contributed by atoms with E-state index in [1.165, 1.54) is 11.3 Å². The molecule has 1 N–H and O–H groups in total. The molecular formula is C13H17N3. The van der Waals surface area contributed by atoms with Crippen LogP contribution in [0.3, 0.4) is 0 Å². The number of imidazole rings is 1. The number of nitrogens with zero attached hydrogens (tertiary/aromatic N) is 2. The molecule has 0 bridgehead atoms. The van der Waals surface area contributed by atoms with Crippen LogP contribution < -0.4 is 5.32 Å². The first kappa shape index (κ1) is 10.9. The maximum atomic E-state index is 4.10. The van der Waals surface area contributed by atoms with Crippen molar-refractivity contribution in [1.82, 2.24) is 14.9 Å². The summed E-state index contributed by atoms with van der Waals surface area (Å²) in [6, 6.07) is 10.8. The second-order valence-electron chi connectivity index (χ2n) is 4.01. The summed E-state index contributed by atoms with van der Waals surface area (Å²) in [6.45, 7) is 3.01. The average Bonchev–Trinajstić information content (AvgIpc) is 2.73. The van der Waals surface area contributed by atoms with Crippen molar-refractivity contribution in [3.63, 3.8) is 0 Å². The summed E-state index contributed by atoms with van der Waals surface area (Å²) in [5, 5.41) is 3.48. The summed E-state index contributed by atoms with van der Waals surface area (Å²) in [7, 11) is 2.01. The van der Waals surface area contributed by atoms with Crippen LogP contribution >= 0.6 is 0 Å². The minimum absolute atomic E-state index is 0.358. The zero-order valence-corrected chi connectivity index (χ0v) is 9.72. The van der Waals surface area contributed by atoms with E-state index in [0.29, 0.717) is 6.04 Å². The number of hydrogen-bond donors (Lipinski definition) is 1. The lowest BCUT2D eigenvalue weighted by molar-refractivity contribution is 0.558. The molecule has 2 rings (SSSR count). The molecule has 3 nitrogen and oxygen atoms in total. The molecule has 0 unspecified atom stereocenters. The molecule has 0 aliphatic carbocycles. The summed E-state index contributed by atoms with van der Waals surface area (Å²) in [4.78, 5) is 4.10. The van der Waals surface area contributed by atoms with Gasteiger partial charge in [-0.15, -0.1) is 0 Å². The predicted octanol–water partition coefficient (Wildman–Crippen LogP) is 2.27. The highest BCUT2D eigenvalue weighted by molar-refractivity contribution is 5.18. The molecule has 3 heteroatoms. The van der Waals surface area contributed by atoms with Gasteiger partial charge in [0.2, 0.25) is 0 Å². The molecule has 1 heterocycles. The fourth-order valence-corrected chi connectivity index (χ4v) is 1.67. The van der Waals surface area contributed by atoms with Gasteiger partial charge in [-0.1, -0.05) is 30.3 Å². The topological polar surface area (TPSA) is 29.9 Å². The summed E-state index contributed by atoms with van der Waals surface area (Å²) in [6.07, 6.45) is 3.72. The Labute approximate surface area is 96.1 Å². The Bertz CT molecular complexity index is 433. The Hall–Kier alpha value is -1.61. The van der Waals surface area contributed by atoms with Crippen molar-refractivity contribution in [1.29, 1.82) is 0 Å². The SMILES string of the molecule is C[C@@H](NCc1cncn1C)c1ccccc1. The third-order valence-corrected chi connectivity index (χ3v) is 2.81. The average molecular weight is 215 g/mol. The van der Waals surface area contributed by atoms with E-state index in [1.54, 1.807) is 0 Å². The first-order valence-electron chi connectivity index (χ1n) is 5.51. The van der Waals surface area contributed by atoms with Crippen LogP contribution in [0.2, 0.25) is 0 Å². The van der Waals surface area contributed by atoms with E-state index in [9.17, 15) is 0 Å². The third-order valence-electron chi connectivity index (χ3n) is 2.81. The van der Waals surface area contributed by atoms with Crippen LogP contribution in [0, 0.1) is 0 Å². The molecule has 0 radical (unpaired) electrons. The minimum atomic E-state index is 0.358. The molecule has 0 fully saturated rings. The van der Waals surface area contributed by atoms with Gasteiger partial charge < -0.3 is 9.88 Å². The molecule has 1 atom stereocenters. The van der Waals surface area contributed by atoms with Crippen molar-refractivity contribution in [2.75, 3.05) is 0 Å². The van der Waals surface area contributed by atoms with Crippen LogP contribution in [0.5, 0.6) is 0 Å². The van der Waals surface area contributed by atoms with Crippen molar-refractivity contribution in [3.05, 3.63) is 54.1 Å². The fourth-order valence-electron chi connectivity index (χ4n) is 1.67. The third kappa shape index (κ3) is 2.49. The van der Waals surface area contributed by atoms with Gasteiger partial charge in [-0.25, -0.2) is 4.98 Å². The Morgan fingerprint density at radius 3 is 2.69 bits per heavy atom. The van der Waals surface area contributed by atoms with E-state index in [1.807, 2.05) is 30.2 Å². The molecule has 2 aromatic rings. The maximum Gasteiger partial charge on any atom is 0.0945 e. The lowest BCUT2D eigenvalue weighted by Crippen LogP contribution is -2.19. The van der Waals surface area contributed by atoms with Gasteiger partial charge in [-0.2, -0.15) is 0 Å². The second kappa shape index (κ2) is 4.94. The number of nitrogens with one attached hydrogen (secondary N) is 1. The Balaban J connectivity index is 1.94. The van der Waals surface area contributed by atoms with Crippen molar-refractivity contribution >= 4 is 0 Å². The maximum absolute atomic E-state index is 4.10. The Morgan fingerprint density at radius 1 is 1.31 bits per heavy atom. The number of rotatable bonds is 4. The molecule has 0 amide bonds. The lowest BCUT2D eigenvalue weighted by Gasteiger charge is -2.14. The zero-order chi connectivity index (χ0) is 11.4. The number of benzene rings is 1. The first-order chi connectivity index (χ1) is 7.77. The van der Waals surface area contributed by atoms with Crippen LogP contribution in [0.25, 0.3) is 0 Å². The number of aryl methyl sites for hydroxylation is 1. The number of aromatic nitrogens is 2. The molecule has 0 aliphatic rings. The molecule has 0 saturated carbocycles. The van der Waals surface area contributed by atoms with E-state index in [4.69, 9.17) is 0 Å². The number of hydrogen-bond acceptors (Lipinski definition) is 2. The molecule has 0 aliphatic heterocycles. The van der Waals surface area contributed by atoms with Crippen LogP contribution in [0.1, 0.15) is 24.2 Å². The van der Waals surface area contributed by atoms with Gasteiger partial charge in [0.25, 0.3) is 0 Å². The molecule has 16 heavy (non-hydrogen) atoms. The predicted molar refractivity (Wildman–Crippen MR) is 64.9 cm³/mol. The van der Waals surface area contributed by atoms with Gasteiger partial charge in [0.15, 0.2) is 0 Å². The smallest absolute Gasteiger partial charge is 0.0945 e. The van der Waals surface area contributed by atoms with E-state index >= 15 is 0 Å². The van der Waals surface area contributed by atoms with E-state index in [2.05, 4.69) is 41.5 Å². The zero-order valence-electron chi connectivity index (χ0n) is 9.72. The standard InChI is InChI=1S/C13H17N3/c1-11(12-6-4-3-5-7-12)15-9-13-8-14-10-16(13)2/h3-8,10-11,15H,9H2,1-2H3/t11-/m1/s1. The van der Waals surface area contributed by atoms with Crippen molar-refractivity contribution in [3.8, 4) is 0 Å². The van der Waals surface area contributed by atoms with E-state index in [-0.39, 0.29) is 0 Å². The lowest BCUT2D eigenvalue weighted by atomic mass is 10.1. The van der Waals surface area contributed by atoms with Gasteiger partial charge in [-0.3, -0.25) is 0 Å². The largest absolute Gasteiger partial charge is 0.337 e. The van der Waals surface area contributed by atoms with Crippen molar-refractivity contribution < 1.29 is 0 Å². The molecule has 0 spiro atoms. The quantitative estimate of drug-likeness (QED) is 0.848. The molecule has 1 aromatic heterocycles. The highest BCUT2D eigenvalue weighted by atomic mass is 15.0. The van der Waals surface area contributed by atoms with E-state index < -0.39 is 0 Å². The van der Waals surface area contributed by atoms with Crippen LogP contribution in [0.4, 0.5) is 0 Å². The minimum Gasteiger partial charge on any atom is -0.337 e. The summed E-state index contributed by atoms with van der Waals surface area (Å²) < 4.78 is 2.03. The van der Waals surface area contributed by atoms with Crippen LogP contribution in [-0.2, 0) is 13.6 Å². The van der Waals surface area contributed by atoms with Gasteiger partial charge in [-0.05, 0) is 12.5 Å². The normalized spacial score (nSPS) is 12.6. The van der Waals surface area contributed by atoms with Gasteiger partial charge >= 0.3 is 0 Å². The highest BCUT2D eigenvalue weighted by Gasteiger charge is 2.05. The highest BCUT2D eigenvalue weighted by Crippen LogP contribution is 2.11. The molecular weight excluding hydrogens is 198 g/mol. The molecule has 84 valence electrons. The van der Waals surface area contributed by atoms with Crippen LogP contribution in [0.15, 0.2) is 42.9 Å².